The van der Waals surface area contributed by atoms with Crippen molar-refractivity contribution >= 4 is 11.4 Å². The van der Waals surface area contributed by atoms with Gasteiger partial charge in [-0.15, -0.1) is 0 Å². The van der Waals surface area contributed by atoms with Crippen molar-refractivity contribution < 1.29 is 14.9 Å². The average molecular weight is 316 g/mol. The molecule has 0 aliphatic carbocycles. The van der Waals surface area contributed by atoms with Gasteiger partial charge in [-0.05, 0) is 35.4 Å². The van der Waals surface area contributed by atoms with E-state index < -0.39 is 12.2 Å². The van der Waals surface area contributed by atoms with Crippen LogP contribution in [0.15, 0.2) is 48.5 Å². The third kappa shape index (κ3) is 6.28. The highest BCUT2D eigenvalue weighted by molar-refractivity contribution is 5.40. The second kappa shape index (κ2) is 8.53. The Bertz CT molecular complexity index is 531. The number of rotatable bonds is 8. The molecule has 0 saturated carbocycles. The average Bonchev–Trinajstić information content (AvgIpc) is 2.52. The quantitative estimate of drug-likeness (QED) is 0.551. The number of nitrogens with two attached hydrogens (primary N) is 2. The van der Waals surface area contributed by atoms with E-state index in [2.05, 4.69) is 0 Å². The zero-order valence-electron chi connectivity index (χ0n) is 13.1. The number of nitrogen functional groups attached to an aromatic ring is 2. The number of benzene rings is 2. The van der Waals surface area contributed by atoms with Gasteiger partial charge in [0.2, 0.25) is 0 Å². The molecule has 5 nitrogen and oxygen atoms in total. The summed E-state index contributed by atoms with van der Waals surface area (Å²) >= 11 is 0. The molecule has 0 spiro atoms. The maximum Gasteiger partial charge on any atom is 0.0813 e. The molecule has 0 heterocycles. The van der Waals surface area contributed by atoms with Crippen LogP contribution in [-0.4, -0.2) is 35.6 Å². The molecule has 2 atom stereocenters. The van der Waals surface area contributed by atoms with Crippen LogP contribution in [0.2, 0.25) is 0 Å². The van der Waals surface area contributed by atoms with Gasteiger partial charge in [0.15, 0.2) is 0 Å². The first-order chi connectivity index (χ1) is 11.0. The molecule has 5 heteroatoms. The van der Waals surface area contributed by atoms with E-state index in [0.29, 0.717) is 24.2 Å². The van der Waals surface area contributed by atoms with Gasteiger partial charge >= 0.3 is 0 Å². The Morgan fingerprint density at radius 2 is 1.04 bits per heavy atom. The second-order valence-corrected chi connectivity index (χ2v) is 5.74. The Morgan fingerprint density at radius 1 is 0.696 bits per heavy atom. The van der Waals surface area contributed by atoms with Crippen LogP contribution in [0, 0.1) is 0 Å². The molecule has 0 amide bonds. The first-order valence-corrected chi connectivity index (χ1v) is 7.65. The van der Waals surface area contributed by atoms with Crippen LogP contribution in [0.1, 0.15) is 11.1 Å². The summed E-state index contributed by atoms with van der Waals surface area (Å²) in [6.45, 7) is 0.367. The maximum absolute atomic E-state index is 9.95. The van der Waals surface area contributed by atoms with E-state index in [1.807, 2.05) is 24.3 Å². The number of hydrogen-bond donors (Lipinski definition) is 4. The van der Waals surface area contributed by atoms with Crippen molar-refractivity contribution in [1.82, 2.24) is 0 Å². The molecule has 0 aliphatic heterocycles. The van der Waals surface area contributed by atoms with Gasteiger partial charge in [-0.1, -0.05) is 24.3 Å². The van der Waals surface area contributed by atoms with E-state index in [9.17, 15) is 10.2 Å². The molecule has 124 valence electrons. The van der Waals surface area contributed by atoms with Crippen LogP contribution in [0.4, 0.5) is 11.4 Å². The molecular weight excluding hydrogens is 292 g/mol. The molecule has 23 heavy (non-hydrogen) atoms. The summed E-state index contributed by atoms with van der Waals surface area (Å²) in [4.78, 5) is 0. The van der Waals surface area contributed by atoms with Crippen molar-refractivity contribution in [2.45, 2.75) is 25.0 Å². The Kier molecular flexibility index (Phi) is 6.40. The Labute approximate surface area is 136 Å². The van der Waals surface area contributed by atoms with E-state index in [1.54, 1.807) is 24.3 Å². The Balaban J connectivity index is 1.67. The topological polar surface area (TPSA) is 102 Å². The van der Waals surface area contributed by atoms with E-state index in [-0.39, 0.29) is 13.2 Å². The molecule has 0 aromatic heterocycles. The zero-order chi connectivity index (χ0) is 16.7. The summed E-state index contributed by atoms with van der Waals surface area (Å²) in [6.07, 6.45) is -0.229. The summed E-state index contributed by atoms with van der Waals surface area (Å²) in [6, 6.07) is 14.8. The van der Waals surface area contributed by atoms with Crippen molar-refractivity contribution in [3.05, 3.63) is 59.7 Å². The summed E-state index contributed by atoms with van der Waals surface area (Å²) < 4.78 is 5.40. The maximum atomic E-state index is 9.95. The van der Waals surface area contributed by atoms with Gasteiger partial charge in [-0.25, -0.2) is 0 Å². The fourth-order valence-corrected chi connectivity index (χ4v) is 2.31. The predicted octanol–water partition coefficient (Wildman–Crippen LogP) is 1.37. The molecule has 2 aromatic carbocycles. The minimum absolute atomic E-state index is 0.184. The van der Waals surface area contributed by atoms with Crippen LogP contribution < -0.4 is 11.5 Å². The minimum atomic E-state index is -0.609. The third-order valence-electron chi connectivity index (χ3n) is 3.52. The van der Waals surface area contributed by atoms with Gasteiger partial charge in [0.25, 0.3) is 0 Å². The van der Waals surface area contributed by atoms with Crippen molar-refractivity contribution in [3.8, 4) is 0 Å². The molecule has 0 fully saturated rings. The monoisotopic (exact) mass is 316 g/mol. The summed E-state index contributed by atoms with van der Waals surface area (Å²) in [5.41, 5.74) is 14.6. The first kappa shape index (κ1) is 17.3. The lowest BCUT2D eigenvalue weighted by Gasteiger charge is -2.15. The first-order valence-electron chi connectivity index (χ1n) is 7.65. The van der Waals surface area contributed by atoms with Gasteiger partial charge in [-0.2, -0.15) is 0 Å². The molecule has 6 N–H and O–H groups in total. The van der Waals surface area contributed by atoms with E-state index >= 15 is 0 Å². The standard InChI is InChI=1S/C18H24N2O3/c19-15-5-1-13(2-6-15)9-17(21)11-23-12-18(22)10-14-3-7-16(20)8-4-14/h1-8,17-18,21-22H,9-12,19-20H2. The lowest BCUT2D eigenvalue weighted by molar-refractivity contribution is -0.00669. The molecule has 2 unspecified atom stereocenters. The van der Waals surface area contributed by atoms with Gasteiger partial charge in [0.05, 0.1) is 25.4 Å². The van der Waals surface area contributed by atoms with Gasteiger partial charge in [-0.3, -0.25) is 0 Å². The SMILES string of the molecule is Nc1ccc(CC(O)COCC(O)Cc2ccc(N)cc2)cc1. The van der Waals surface area contributed by atoms with E-state index in [1.165, 1.54) is 0 Å². The number of anilines is 2. The van der Waals surface area contributed by atoms with Crippen molar-refractivity contribution in [2.75, 3.05) is 24.7 Å². The van der Waals surface area contributed by atoms with E-state index in [4.69, 9.17) is 16.2 Å². The number of aliphatic hydroxyl groups excluding tert-OH is 2. The molecule has 2 rings (SSSR count). The molecule has 0 saturated heterocycles. The number of hydrogen-bond acceptors (Lipinski definition) is 5. The van der Waals surface area contributed by atoms with Crippen LogP contribution in [-0.2, 0) is 17.6 Å². The third-order valence-corrected chi connectivity index (χ3v) is 3.52. The predicted molar refractivity (Wildman–Crippen MR) is 91.9 cm³/mol. The number of ether oxygens (including phenoxy) is 1. The van der Waals surface area contributed by atoms with E-state index in [0.717, 1.165) is 11.1 Å². The van der Waals surface area contributed by atoms with Gasteiger partial charge < -0.3 is 26.4 Å². The highest BCUT2D eigenvalue weighted by Crippen LogP contribution is 2.10. The molecular formula is C18H24N2O3. The van der Waals surface area contributed by atoms with Crippen LogP contribution in [0.5, 0.6) is 0 Å². The van der Waals surface area contributed by atoms with Gasteiger partial charge in [0, 0.05) is 24.2 Å². The highest BCUT2D eigenvalue weighted by atomic mass is 16.5. The number of aliphatic hydroxyl groups is 2. The zero-order valence-corrected chi connectivity index (χ0v) is 13.1. The Hall–Kier alpha value is -2.08. The molecule has 0 bridgehead atoms. The normalized spacial score (nSPS) is 13.7. The molecule has 2 aromatic rings. The lowest BCUT2D eigenvalue weighted by Crippen LogP contribution is -2.24. The van der Waals surface area contributed by atoms with Crippen LogP contribution in [0.3, 0.4) is 0 Å². The summed E-state index contributed by atoms with van der Waals surface area (Å²) in [5, 5.41) is 19.9. The molecule has 0 radical (unpaired) electrons. The van der Waals surface area contributed by atoms with Crippen LogP contribution in [0.25, 0.3) is 0 Å². The lowest BCUT2D eigenvalue weighted by atomic mass is 10.1. The smallest absolute Gasteiger partial charge is 0.0813 e. The fourth-order valence-electron chi connectivity index (χ4n) is 2.31. The fraction of sp³-hybridized carbons (Fsp3) is 0.333. The molecule has 0 aliphatic rings. The Morgan fingerprint density at radius 3 is 1.39 bits per heavy atom. The summed E-state index contributed by atoms with van der Waals surface area (Å²) in [7, 11) is 0. The van der Waals surface area contributed by atoms with Gasteiger partial charge in [0.1, 0.15) is 0 Å². The minimum Gasteiger partial charge on any atom is -0.399 e. The highest BCUT2D eigenvalue weighted by Gasteiger charge is 2.09. The van der Waals surface area contributed by atoms with Crippen molar-refractivity contribution in [1.29, 1.82) is 0 Å². The van der Waals surface area contributed by atoms with Crippen LogP contribution >= 0.6 is 0 Å². The van der Waals surface area contributed by atoms with Crippen molar-refractivity contribution in [2.24, 2.45) is 0 Å². The summed E-state index contributed by atoms with van der Waals surface area (Å²) in [5.74, 6) is 0. The van der Waals surface area contributed by atoms with Crippen molar-refractivity contribution in [3.63, 3.8) is 0 Å². The second-order valence-electron chi connectivity index (χ2n) is 5.74. The largest absolute Gasteiger partial charge is 0.399 e.